The van der Waals surface area contributed by atoms with Gasteiger partial charge in [0.05, 0.1) is 19.6 Å². The van der Waals surface area contributed by atoms with Gasteiger partial charge in [0.15, 0.2) is 0 Å². The number of carbonyl (C=O) groups is 2. The van der Waals surface area contributed by atoms with Crippen LogP contribution in [0.25, 0.3) is 0 Å². The molecule has 0 N–H and O–H groups in total. The SMILES string of the molecule is COC(=O)C(C)(Cl)CC(C)C(=O)OCCCc1ccccc1. The summed E-state index contributed by atoms with van der Waals surface area (Å²) < 4.78 is 9.86. The third kappa shape index (κ3) is 6.06. The molecule has 0 aromatic heterocycles. The van der Waals surface area contributed by atoms with Gasteiger partial charge in [-0.05, 0) is 31.7 Å². The Morgan fingerprint density at radius 3 is 2.50 bits per heavy atom. The van der Waals surface area contributed by atoms with Crippen molar-refractivity contribution in [3.05, 3.63) is 35.9 Å². The third-order valence-electron chi connectivity index (χ3n) is 3.40. The number of benzene rings is 1. The fraction of sp³-hybridized carbons (Fsp3) is 0.529. The number of halogens is 1. The molecule has 0 amide bonds. The predicted octanol–water partition coefficient (Wildman–Crippen LogP) is 3.36. The van der Waals surface area contributed by atoms with Gasteiger partial charge in [-0.2, -0.15) is 0 Å². The van der Waals surface area contributed by atoms with E-state index in [1.165, 1.54) is 12.7 Å². The second-order valence-corrected chi connectivity index (χ2v) is 6.39. The van der Waals surface area contributed by atoms with Crippen molar-refractivity contribution < 1.29 is 19.1 Å². The van der Waals surface area contributed by atoms with Gasteiger partial charge in [0.2, 0.25) is 0 Å². The summed E-state index contributed by atoms with van der Waals surface area (Å²) in [6.45, 7) is 3.60. The minimum atomic E-state index is -1.21. The Labute approximate surface area is 136 Å². The summed E-state index contributed by atoms with van der Waals surface area (Å²) in [6, 6.07) is 10.0. The number of ether oxygens (including phenoxy) is 2. The Morgan fingerprint density at radius 2 is 1.91 bits per heavy atom. The molecule has 0 aliphatic rings. The lowest BCUT2D eigenvalue weighted by molar-refractivity contribution is -0.150. The number of methoxy groups -OCH3 is 1. The Kier molecular flexibility index (Phi) is 7.39. The molecule has 0 aliphatic heterocycles. The van der Waals surface area contributed by atoms with Crippen LogP contribution in [-0.4, -0.2) is 30.5 Å². The smallest absolute Gasteiger partial charge is 0.326 e. The quantitative estimate of drug-likeness (QED) is 0.417. The average molecular weight is 327 g/mol. The molecule has 0 spiro atoms. The number of esters is 2. The molecule has 1 rings (SSSR count). The lowest BCUT2D eigenvalue weighted by atomic mass is 9.96. The minimum Gasteiger partial charge on any atom is -0.468 e. The molecule has 4 nitrogen and oxygen atoms in total. The monoisotopic (exact) mass is 326 g/mol. The summed E-state index contributed by atoms with van der Waals surface area (Å²) >= 11 is 6.08. The molecule has 122 valence electrons. The van der Waals surface area contributed by atoms with Crippen molar-refractivity contribution in [3.63, 3.8) is 0 Å². The summed E-state index contributed by atoms with van der Waals surface area (Å²) in [6.07, 6.45) is 1.80. The van der Waals surface area contributed by atoms with E-state index in [4.69, 9.17) is 16.3 Å². The van der Waals surface area contributed by atoms with Gasteiger partial charge in [0.1, 0.15) is 4.87 Å². The molecule has 0 bridgehead atoms. The zero-order chi connectivity index (χ0) is 16.6. The molecule has 5 heteroatoms. The standard InChI is InChI=1S/C17H23ClO4/c1-13(12-17(2,18)16(20)21-3)15(19)22-11-7-10-14-8-5-4-6-9-14/h4-6,8-9,13H,7,10-12H2,1-3H3. The first-order chi connectivity index (χ1) is 10.4. The fourth-order valence-electron chi connectivity index (χ4n) is 2.19. The maximum Gasteiger partial charge on any atom is 0.326 e. The van der Waals surface area contributed by atoms with Crippen LogP contribution >= 0.6 is 11.6 Å². The van der Waals surface area contributed by atoms with Crippen LogP contribution in [0, 0.1) is 5.92 Å². The normalized spacial score (nSPS) is 14.7. The first kappa shape index (κ1) is 18.5. The van der Waals surface area contributed by atoms with Crippen molar-refractivity contribution in [1.29, 1.82) is 0 Å². The van der Waals surface area contributed by atoms with E-state index in [1.807, 2.05) is 30.3 Å². The molecule has 0 radical (unpaired) electrons. The van der Waals surface area contributed by atoms with Crippen LogP contribution in [0.5, 0.6) is 0 Å². The van der Waals surface area contributed by atoms with Crippen LogP contribution in [0.15, 0.2) is 30.3 Å². The summed E-state index contributed by atoms with van der Waals surface area (Å²) in [5, 5.41) is 0. The van der Waals surface area contributed by atoms with E-state index < -0.39 is 16.8 Å². The van der Waals surface area contributed by atoms with Crippen LogP contribution in [0.2, 0.25) is 0 Å². The van der Waals surface area contributed by atoms with E-state index in [0.29, 0.717) is 6.61 Å². The first-order valence-corrected chi connectivity index (χ1v) is 7.72. The highest BCUT2D eigenvalue weighted by Gasteiger charge is 2.35. The van der Waals surface area contributed by atoms with E-state index in [9.17, 15) is 9.59 Å². The molecular formula is C17H23ClO4. The van der Waals surface area contributed by atoms with Crippen LogP contribution in [0.4, 0.5) is 0 Å². The number of hydrogen-bond acceptors (Lipinski definition) is 4. The fourth-order valence-corrected chi connectivity index (χ4v) is 2.50. The van der Waals surface area contributed by atoms with Crippen molar-refractivity contribution >= 4 is 23.5 Å². The van der Waals surface area contributed by atoms with E-state index in [1.54, 1.807) is 13.8 Å². The lowest BCUT2D eigenvalue weighted by Crippen LogP contribution is -2.34. The molecular weight excluding hydrogens is 304 g/mol. The van der Waals surface area contributed by atoms with Gasteiger partial charge in [-0.3, -0.25) is 9.59 Å². The highest BCUT2D eigenvalue weighted by Crippen LogP contribution is 2.26. The highest BCUT2D eigenvalue weighted by atomic mass is 35.5. The van der Waals surface area contributed by atoms with Gasteiger partial charge in [-0.25, -0.2) is 0 Å². The molecule has 1 aromatic carbocycles. The number of hydrogen-bond donors (Lipinski definition) is 0. The maximum atomic E-state index is 11.9. The van der Waals surface area contributed by atoms with Crippen LogP contribution < -0.4 is 0 Å². The predicted molar refractivity (Wildman–Crippen MR) is 85.8 cm³/mol. The highest BCUT2D eigenvalue weighted by molar-refractivity contribution is 6.33. The Morgan fingerprint density at radius 1 is 1.27 bits per heavy atom. The van der Waals surface area contributed by atoms with E-state index in [2.05, 4.69) is 4.74 Å². The van der Waals surface area contributed by atoms with Gasteiger partial charge >= 0.3 is 11.9 Å². The number of aryl methyl sites for hydroxylation is 1. The summed E-state index contributed by atoms with van der Waals surface area (Å²) in [7, 11) is 1.27. The van der Waals surface area contributed by atoms with Crippen molar-refractivity contribution in [2.45, 2.75) is 38.0 Å². The maximum absolute atomic E-state index is 11.9. The van der Waals surface area contributed by atoms with Gasteiger partial charge in [0, 0.05) is 0 Å². The van der Waals surface area contributed by atoms with Crippen molar-refractivity contribution in [2.75, 3.05) is 13.7 Å². The Hall–Kier alpha value is -1.55. The molecule has 22 heavy (non-hydrogen) atoms. The molecule has 0 aliphatic carbocycles. The van der Waals surface area contributed by atoms with Gasteiger partial charge < -0.3 is 9.47 Å². The van der Waals surface area contributed by atoms with Crippen LogP contribution in [0.3, 0.4) is 0 Å². The van der Waals surface area contributed by atoms with Crippen LogP contribution in [0.1, 0.15) is 32.3 Å². The Balaban J connectivity index is 2.31. The minimum absolute atomic E-state index is 0.179. The summed E-state index contributed by atoms with van der Waals surface area (Å²) in [5.41, 5.74) is 1.21. The topological polar surface area (TPSA) is 52.6 Å². The van der Waals surface area contributed by atoms with Crippen molar-refractivity contribution in [2.24, 2.45) is 5.92 Å². The molecule has 2 atom stereocenters. The number of alkyl halides is 1. The van der Waals surface area contributed by atoms with E-state index >= 15 is 0 Å². The van der Waals surface area contributed by atoms with Crippen molar-refractivity contribution in [3.8, 4) is 0 Å². The molecule has 0 saturated heterocycles. The lowest BCUT2D eigenvalue weighted by Gasteiger charge is -2.22. The third-order valence-corrected chi connectivity index (χ3v) is 3.71. The molecule has 1 aromatic rings. The zero-order valence-corrected chi connectivity index (χ0v) is 14.1. The van der Waals surface area contributed by atoms with Gasteiger partial charge in [-0.15, -0.1) is 11.6 Å². The average Bonchev–Trinajstić information content (AvgIpc) is 2.50. The van der Waals surface area contributed by atoms with Gasteiger partial charge in [0.25, 0.3) is 0 Å². The number of carbonyl (C=O) groups excluding carboxylic acids is 2. The zero-order valence-electron chi connectivity index (χ0n) is 13.3. The summed E-state index contributed by atoms with van der Waals surface area (Å²) in [5.74, 6) is -1.35. The number of rotatable bonds is 8. The van der Waals surface area contributed by atoms with E-state index in [-0.39, 0.29) is 12.4 Å². The largest absolute Gasteiger partial charge is 0.468 e. The Bertz CT molecular complexity index is 485. The molecule has 0 fully saturated rings. The molecule has 0 saturated carbocycles. The van der Waals surface area contributed by atoms with E-state index in [0.717, 1.165) is 12.8 Å². The second-order valence-electron chi connectivity index (χ2n) is 5.55. The molecule has 0 heterocycles. The summed E-state index contributed by atoms with van der Waals surface area (Å²) in [4.78, 5) is 22.2. The van der Waals surface area contributed by atoms with Gasteiger partial charge in [-0.1, -0.05) is 37.3 Å². The molecule has 2 unspecified atom stereocenters. The van der Waals surface area contributed by atoms with Crippen LogP contribution in [-0.2, 0) is 25.5 Å². The first-order valence-electron chi connectivity index (χ1n) is 7.34. The van der Waals surface area contributed by atoms with Crippen molar-refractivity contribution in [1.82, 2.24) is 0 Å². The second kappa shape index (κ2) is 8.79.